The Morgan fingerprint density at radius 3 is 2.10 bits per heavy atom. The minimum absolute atomic E-state index is 0.729. The Labute approximate surface area is 176 Å². The van der Waals surface area contributed by atoms with Gasteiger partial charge in [-0.15, -0.1) is 0 Å². The fraction of sp³-hybridized carbons (Fsp3) is 0.556. The third kappa shape index (κ3) is 4.15. The van der Waals surface area contributed by atoms with Crippen LogP contribution < -0.4 is 0 Å². The molecule has 0 unspecified atom stereocenters. The smallest absolute Gasteiger partial charge is 0.0239 e. The molecule has 154 valence electrons. The summed E-state index contributed by atoms with van der Waals surface area (Å²) in [5.74, 6) is 0.884. The molecule has 2 aromatic rings. The average molecular weight is 389 g/mol. The number of piperidine rings is 1. The molecule has 0 aromatic heterocycles. The van der Waals surface area contributed by atoms with Crippen LogP contribution >= 0.6 is 0 Å². The first kappa shape index (κ1) is 19.3. The van der Waals surface area contributed by atoms with Crippen molar-refractivity contribution < 1.29 is 0 Å². The van der Waals surface area contributed by atoms with E-state index in [-0.39, 0.29) is 0 Å². The number of hydrogen-bond acceptors (Lipinski definition) is 2. The first-order chi connectivity index (χ1) is 14.3. The van der Waals surface area contributed by atoms with Crippen LogP contribution in [0, 0.1) is 5.92 Å². The Morgan fingerprint density at radius 1 is 0.862 bits per heavy atom. The summed E-state index contributed by atoms with van der Waals surface area (Å²) in [5, 5.41) is 0. The van der Waals surface area contributed by atoms with E-state index in [0.717, 1.165) is 30.6 Å². The molecule has 0 radical (unpaired) electrons. The second-order valence-electron chi connectivity index (χ2n) is 9.71. The molecule has 0 amide bonds. The second-order valence-corrected chi connectivity index (χ2v) is 9.71. The highest BCUT2D eigenvalue weighted by Gasteiger charge is 2.41. The zero-order chi connectivity index (χ0) is 19.6. The summed E-state index contributed by atoms with van der Waals surface area (Å²) >= 11 is 0. The molecule has 0 spiro atoms. The van der Waals surface area contributed by atoms with Crippen LogP contribution in [-0.4, -0.2) is 41.0 Å². The van der Waals surface area contributed by atoms with Gasteiger partial charge in [0.05, 0.1) is 0 Å². The van der Waals surface area contributed by atoms with Crippen LogP contribution in [0.1, 0.15) is 55.7 Å². The predicted molar refractivity (Wildman–Crippen MR) is 121 cm³/mol. The Balaban J connectivity index is 1.22. The molecule has 0 saturated carbocycles. The fourth-order valence-electron chi connectivity index (χ4n) is 6.42. The Morgan fingerprint density at radius 2 is 1.48 bits per heavy atom. The lowest BCUT2D eigenvalue weighted by molar-refractivity contribution is 0.0670. The van der Waals surface area contributed by atoms with Crippen molar-refractivity contribution >= 4 is 0 Å². The van der Waals surface area contributed by atoms with Crippen LogP contribution in [0.4, 0.5) is 0 Å². The summed E-state index contributed by atoms with van der Waals surface area (Å²) in [6.45, 7) is 6.08. The van der Waals surface area contributed by atoms with Gasteiger partial charge in [0.1, 0.15) is 0 Å². The van der Waals surface area contributed by atoms with Crippen molar-refractivity contribution in [2.24, 2.45) is 5.92 Å². The molecule has 29 heavy (non-hydrogen) atoms. The van der Waals surface area contributed by atoms with Crippen LogP contribution in [0.25, 0.3) is 0 Å². The van der Waals surface area contributed by atoms with Gasteiger partial charge in [-0.25, -0.2) is 0 Å². The fourth-order valence-corrected chi connectivity index (χ4v) is 6.42. The van der Waals surface area contributed by atoms with Gasteiger partial charge in [-0.1, -0.05) is 61.5 Å². The lowest BCUT2D eigenvalue weighted by atomic mass is 9.89. The Bertz CT molecular complexity index is 762. The molecule has 2 aliphatic heterocycles. The van der Waals surface area contributed by atoms with E-state index < -0.39 is 0 Å². The van der Waals surface area contributed by atoms with E-state index in [1.165, 1.54) is 63.6 Å². The first-order valence-corrected chi connectivity index (χ1v) is 11.9. The van der Waals surface area contributed by atoms with Gasteiger partial charge < -0.3 is 0 Å². The van der Waals surface area contributed by atoms with Crippen molar-refractivity contribution in [3.05, 3.63) is 71.3 Å². The molecule has 2 bridgehead atoms. The highest BCUT2D eigenvalue weighted by molar-refractivity contribution is 5.33. The number of nitrogens with zero attached hydrogens (tertiary/aromatic N) is 2. The molecule has 2 heteroatoms. The molecule has 2 aromatic carbocycles. The van der Waals surface area contributed by atoms with Crippen molar-refractivity contribution in [3.63, 3.8) is 0 Å². The molecular weight excluding hydrogens is 352 g/mol. The summed E-state index contributed by atoms with van der Waals surface area (Å²) < 4.78 is 0. The largest absolute Gasteiger partial charge is 0.299 e. The van der Waals surface area contributed by atoms with Gasteiger partial charge in [0.25, 0.3) is 0 Å². The lowest BCUT2D eigenvalue weighted by Gasteiger charge is -2.41. The molecule has 1 aliphatic carbocycles. The number of benzene rings is 2. The highest BCUT2D eigenvalue weighted by Crippen LogP contribution is 2.40. The zero-order valence-electron chi connectivity index (χ0n) is 18.0. The molecule has 0 N–H and O–H groups in total. The van der Waals surface area contributed by atoms with Gasteiger partial charge in [-0.3, -0.25) is 9.80 Å². The normalized spacial score (nSPS) is 26.9. The molecule has 2 fully saturated rings. The van der Waals surface area contributed by atoms with Crippen LogP contribution in [0.3, 0.4) is 0 Å². The standard InChI is InChI=1S/C27H36N2/c1-2-14-28(27-17-23-10-6-7-11-24(23)18-27)19-22-15-25-12-13-26(16-22)29(25)20-21-8-4-3-5-9-21/h3-11,22,25-27H,2,12-20H2,1H3/t22-,25-,26+. The highest BCUT2D eigenvalue weighted by atomic mass is 15.2. The van der Waals surface area contributed by atoms with Crippen LogP contribution in [-0.2, 0) is 19.4 Å². The summed E-state index contributed by atoms with van der Waals surface area (Å²) in [4.78, 5) is 5.69. The van der Waals surface area contributed by atoms with Crippen LogP contribution in [0.15, 0.2) is 54.6 Å². The summed E-state index contributed by atoms with van der Waals surface area (Å²) in [6.07, 6.45) is 9.43. The third-order valence-corrected chi connectivity index (χ3v) is 7.74. The molecule has 2 heterocycles. The van der Waals surface area contributed by atoms with E-state index in [0.29, 0.717) is 0 Å². The van der Waals surface area contributed by atoms with E-state index in [1.807, 2.05) is 0 Å². The van der Waals surface area contributed by atoms with Gasteiger partial charge in [0.2, 0.25) is 0 Å². The second kappa shape index (κ2) is 8.62. The van der Waals surface area contributed by atoms with Gasteiger partial charge >= 0.3 is 0 Å². The minimum Gasteiger partial charge on any atom is -0.299 e. The SMILES string of the molecule is CCCN(C[C@@H]1C[C@H]2CC[C@@H](C1)N2Cc1ccccc1)C1Cc2ccccc2C1. The van der Waals surface area contributed by atoms with Gasteiger partial charge in [0, 0.05) is 31.2 Å². The Kier molecular flexibility index (Phi) is 5.74. The van der Waals surface area contributed by atoms with Gasteiger partial charge in [0.15, 0.2) is 0 Å². The maximum atomic E-state index is 2.86. The minimum atomic E-state index is 0.729. The molecule has 5 rings (SSSR count). The van der Waals surface area contributed by atoms with E-state index in [1.54, 1.807) is 11.1 Å². The number of fused-ring (bicyclic) bond motifs is 3. The summed E-state index contributed by atoms with van der Waals surface area (Å²) in [7, 11) is 0. The average Bonchev–Trinajstić information content (AvgIpc) is 3.27. The van der Waals surface area contributed by atoms with Crippen LogP contribution in [0.2, 0.25) is 0 Å². The topological polar surface area (TPSA) is 6.48 Å². The third-order valence-electron chi connectivity index (χ3n) is 7.74. The molecule has 2 saturated heterocycles. The van der Waals surface area contributed by atoms with Crippen molar-refractivity contribution in [1.82, 2.24) is 9.80 Å². The van der Waals surface area contributed by atoms with Crippen molar-refractivity contribution in [1.29, 1.82) is 0 Å². The van der Waals surface area contributed by atoms with E-state index in [4.69, 9.17) is 0 Å². The molecular formula is C27H36N2. The quantitative estimate of drug-likeness (QED) is 0.634. The maximum absolute atomic E-state index is 2.86. The molecule has 3 aliphatic rings. The van der Waals surface area contributed by atoms with E-state index >= 15 is 0 Å². The zero-order valence-corrected chi connectivity index (χ0v) is 18.0. The number of hydrogen-bond donors (Lipinski definition) is 0. The molecule has 3 atom stereocenters. The number of rotatable bonds is 7. The van der Waals surface area contributed by atoms with Gasteiger partial charge in [-0.05, 0) is 74.1 Å². The monoisotopic (exact) mass is 388 g/mol. The first-order valence-electron chi connectivity index (χ1n) is 11.9. The van der Waals surface area contributed by atoms with Crippen LogP contribution in [0.5, 0.6) is 0 Å². The van der Waals surface area contributed by atoms with E-state index in [2.05, 4.69) is 71.3 Å². The molecule has 2 nitrogen and oxygen atoms in total. The lowest BCUT2D eigenvalue weighted by Crippen LogP contribution is -2.47. The maximum Gasteiger partial charge on any atom is 0.0239 e. The van der Waals surface area contributed by atoms with Gasteiger partial charge in [-0.2, -0.15) is 0 Å². The summed E-state index contributed by atoms with van der Waals surface area (Å²) in [5.41, 5.74) is 4.67. The Hall–Kier alpha value is -1.64. The van der Waals surface area contributed by atoms with Crippen molar-refractivity contribution in [2.45, 2.75) is 76.5 Å². The predicted octanol–water partition coefficient (Wildman–Crippen LogP) is 5.31. The summed E-state index contributed by atoms with van der Waals surface area (Å²) in [6, 6.07) is 22.6. The van der Waals surface area contributed by atoms with Crippen molar-refractivity contribution in [3.8, 4) is 0 Å². The van der Waals surface area contributed by atoms with E-state index in [9.17, 15) is 0 Å². The van der Waals surface area contributed by atoms with Crippen molar-refractivity contribution in [2.75, 3.05) is 13.1 Å².